The molecule has 1 N–H and O–H groups in total. The van der Waals surface area contributed by atoms with Crippen LogP contribution in [0.25, 0.3) is 0 Å². The lowest BCUT2D eigenvalue weighted by Crippen LogP contribution is -2.44. The van der Waals surface area contributed by atoms with E-state index in [-0.39, 0.29) is 18.8 Å². The summed E-state index contributed by atoms with van der Waals surface area (Å²) in [6.07, 6.45) is -1.18. The van der Waals surface area contributed by atoms with Crippen LogP contribution in [0.4, 0.5) is 0 Å². The zero-order valence-corrected chi connectivity index (χ0v) is 9.52. The molecular formula is C10H18O5. The van der Waals surface area contributed by atoms with Crippen molar-refractivity contribution in [3.63, 3.8) is 0 Å². The highest BCUT2D eigenvalue weighted by atomic mass is 16.8. The fourth-order valence-electron chi connectivity index (χ4n) is 2.46. The normalized spacial score (nSPS) is 48.2. The lowest BCUT2D eigenvalue weighted by Gasteiger charge is -2.28. The molecule has 0 radical (unpaired) electrons. The summed E-state index contributed by atoms with van der Waals surface area (Å²) < 4.78 is 22.3. The Morgan fingerprint density at radius 2 is 2.00 bits per heavy atom. The Morgan fingerprint density at radius 3 is 2.53 bits per heavy atom. The second-order valence-corrected chi connectivity index (χ2v) is 4.65. The number of aliphatic hydroxyl groups is 1. The van der Waals surface area contributed by atoms with Crippen LogP contribution in [0.15, 0.2) is 0 Å². The number of ether oxygens (including phenoxy) is 4. The van der Waals surface area contributed by atoms with E-state index in [1.54, 1.807) is 7.11 Å². The molecule has 2 rings (SSSR count). The van der Waals surface area contributed by atoms with Gasteiger partial charge in [-0.1, -0.05) is 0 Å². The molecule has 0 bridgehead atoms. The standard InChI is InChI=1S/C10H18O5/c1-9(2)14-7-6(5-11)13-8(12-4)10(7,3)15-9/h6-8,11H,5H2,1-4H3. The van der Waals surface area contributed by atoms with E-state index in [0.29, 0.717) is 0 Å². The largest absolute Gasteiger partial charge is 0.394 e. The first-order valence-electron chi connectivity index (χ1n) is 5.10. The van der Waals surface area contributed by atoms with E-state index in [2.05, 4.69) is 0 Å². The van der Waals surface area contributed by atoms with Crippen molar-refractivity contribution in [2.24, 2.45) is 0 Å². The summed E-state index contributed by atoms with van der Waals surface area (Å²) in [7, 11) is 1.56. The maximum Gasteiger partial charge on any atom is 0.189 e. The van der Waals surface area contributed by atoms with Gasteiger partial charge in [-0.25, -0.2) is 0 Å². The summed E-state index contributed by atoms with van der Waals surface area (Å²) in [4.78, 5) is 0. The summed E-state index contributed by atoms with van der Waals surface area (Å²) in [5.74, 6) is -0.659. The minimum absolute atomic E-state index is 0.0977. The molecule has 2 fully saturated rings. The van der Waals surface area contributed by atoms with Gasteiger partial charge in [-0.15, -0.1) is 0 Å². The Kier molecular flexibility index (Phi) is 2.56. The predicted octanol–water partition coefficient (Wildman–Crippen LogP) is 0.260. The van der Waals surface area contributed by atoms with Crippen LogP contribution in [0, 0.1) is 0 Å². The fraction of sp³-hybridized carbons (Fsp3) is 1.00. The molecule has 0 aromatic rings. The van der Waals surface area contributed by atoms with E-state index in [4.69, 9.17) is 18.9 Å². The highest BCUT2D eigenvalue weighted by Crippen LogP contribution is 2.46. The van der Waals surface area contributed by atoms with Crippen LogP contribution in [0.3, 0.4) is 0 Å². The first-order chi connectivity index (χ1) is 6.93. The number of methoxy groups -OCH3 is 1. The minimum Gasteiger partial charge on any atom is -0.394 e. The SMILES string of the molecule is COC1OC(CO)C2OC(C)(C)OC12C. The van der Waals surface area contributed by atoms with Crippen molar-refractivity contribution in [1.82, 2.24) is 0 Å². The van der Waals surface area contributed by atoms with Crippen LogP contribution in [0.1, 0.15) is 20.8 Å². The van der Waals surface area contributed by atoms with Crippen LogP contribution >= 0.6 is 0 Å². The molecule has 4 unspecified atom stereocenters. The van der Waals surface area contributed by atoms with E-state index >= 15 is 0 Å². The molecule has 5 nitrogen and oxygen atoms in total. The van der Waals surface area contributed by atoms with Gasteiger partial charge < -0.3 is 24.1 Å². The van der Waals surface area contributed by atoms with Crippen molar-refractivity contribution in [2.75, 3.05) is 13.7 Å². The summed E-state index contributed by atoms with van der Waals surface area (Å²) in [6, 6.07) is 0. The van der Waals surface area contributed by atoms with Crippen LogP contribution in [0.2, 0.25) is 0 Å². The number of fused-ring (bicyclic) bond motifs is 1. The van der Waals surface area contributed by atoms with Crippen molar-refractivity contribution in [1.29, 1.82) is 0 Å². The van der Waals surface area contributed by atoms with Gasteiger partial charge >= 0.3 is 0 Å². The average Bonchev–Trinajstić information content (AvgIpc) is 2.51. The maximum atomic E-state index is 9.19. The summed E-state index contributed by atoms with van der Waals surface area (Å²) >= 11 is 0. The van der Waals surface area contributed by atoms with E-state index in [1.165, 1.54) is 0 Å². The molecule has 2 aliphatic rings. The quantitative estimate of drug-likeness (QED) is 0.720. The Bertz CT molecular complexity index is 254. The first-order valence-corrected chi connectivity index (χ1v) is 5.10. The summed E-state index contributed by atoms with van der Waals surface area (Å²) in [5, 5.41) is 9.19. The van der Waals surface area contributed by atoms with Crippen molar-refractivity contribution in [3.8, 4) is 0 Å². The molecule has 0 spiro atoms. The van der Waals surface area contributed by atoms with Crippen LogP contribution in [-0.4, -0.2) is 48.7 Å². The van der Waals surface area contributed by atoms with Gasteiger partial charge in [-0.3, -0.25) is 0 Å². The number of hydrogen-bond acceptors (Lipinski definition) is 5. The van der Waals surface area contributed by atoms with Gasteiger partial charge in [0, 0.05) is 7.11 Å². The molecular weight excluding hydrogens is 200 g/mol. The molecule has 0 aromatic carbocycles. The van der Waals surface area contributed by atoms with Gasteiger partial charge in [0.05, 0.1) is 6.61 Å². The Labute approximate surface area is 89.3 Å². The monoisotopic (exact) mass is 218 g/mol. The zero-order valence-electron chi connectivity index (χ0n) is 9.52. The third kappa shape index (κ3) is 1.59. The van der Waals surface area contributed by atoms with Gasteiger partial charge in [0.1, 0.15) is 17.8 Å². The molecule has 2 heterocycles. The number of hydrogen-bond donors (Lipinski definition) is 1. The Hall–Kier alpha value is -0.200. The van der Waals surface area contributed by atoms with Crippen LogP contribution < -0.4 is 0 Å². The third-order valence-corrected chi connectivity index (χ3v) is 2.94. The molecule has 2 aliphatic heterocycles. The van der Waals surface area contributed by atoms with Crippen molar-refractivity contribution in [3.05, 3.63) is 0 Å². The smallest absolute Gasteiger partial charge is 0.189 e. The summed E-state index contributed by atoms with van der Waals surface area (Å²) in [6.45, 7) is 5.48. The summed E-state index contributed by atoms with van der Waals surface area (Å²) in [5.41, 5.74) is -0.647. The maximum absolute atomic E-state index is 9.19. The molecule has 0 saturated carbocycles. The molecule has 0 aromatic heterocycles. The number of aliphatic hydroxyl groups excluding tert-OH is 1. The van der Waals surface area contributed by atoms with Crippen molar-refractivity contribution in [2.45, 2.75) is 50.7 Å². The van der Waals surface area contributed by atoms with Gasteiger partial charge in [-0.05, 0) is 20.8 Å². The molecule has 15 heavy (non-hydrogen) atoms. The third-order valence-electron chi connectivity index (χ3n) is 2.94. The molecule has 5 heteroatoms. The van der Waals surface area contributed by atoms with Crippen molar-refractivity contribution >= 4 is 0 Å². The molecule has 0 amide bonds. The van der Waals surface area contributed by atoms with Gasteiger partial charge in [0.15, 0.2) is 12.1 Å². The highest BCUT2D eigenvalue weighted by Gasteiger charge is 2.63. The van der Waals surface area contributed by atoms with Crippen LogP contribution in [0.5, 0.6) is 0 Å². The van der Waals surface area contributed by atoms with Gasteiger partial charge in [0.2, 0.25) is 0 Å². The van der Waals surface area contributed by atoms with Crippen LogP contribution in [-0.2, 0) is 18.9 Å². The highest BCUT2D eigenvalue weighted by molar-refractivity contribution is 5.04. The predicted molar refractivity (Wildman–Crippen MR) is 51.2 cm³/mol. The Morgan fingerprint density at radius 1 is 1.33 bits per heavy atom. The lowest BCUT2D eigenvalue weighted by molar-refractivity contribution is -0.251. The zero-order chi connectivity index (χ0) is 11.3. The minimum atomic E-state index is -0.659. The van der Waals surface area contributed by atoms with Crippen molar-refractivity contribution < 1.29 is 24.1 Å². The molecule has 2 saturated heterocycles. The Balaban J connectivity index is 2.26. The molecule has 88 valence electrons. The van der Waals surface area contributed by atoms with E-state index in [1.807, 2.05) is 20.8 Å². The second-order valence-electron chi connectivity index (χ2n) is 4.65. The first kappa shape index (κ1) is 11.3. The lowest BCUT2D eigenvalue weighted by atomic mass is 9.98. The van der Waals surface area contributed by atoms with E-state index in [9.17, 15) is 5.11 Å². The number of rotatable bonds is 2. The van der Waals surface area contributed by atoms with Gasteiger partial charge in [-0.2, -0.15) is 0 Å². The molecule has 4 atom stereocenters. The topological polar surface area (TPSA) is 57.2 Å². The fourth-order valence-corrected chi connectivity index (χ4v) is 2.46. The van der Waals surface area contributed by atoms with E-state index < -0.39 is 17.7 Å². The van der Waals surface area contributed by atoms with Gasteiger partial charge in [0.25, 0.3) is 0 Å². The average molecular weight is 218 g/mol. The van der Waals surface area contributed by atoms with E-state index in [0.717, 1.165) is 0 Å². The second kappa shape index (κ2) is 3.40. The molecule has 0 aliphatic carbocycles.